The van der Waals surface area contributed by atoms with Crippen LogP contribution in [0, 0.1) is 5.92 Å². The van der Waals surface area contributed by atoms with E-state index in [0.717, 1.165) is 43.1 Å². The Kier molecular flexibility index (Phi) is 3.31. The number of carbonyl (C=O) groups is 2. The molecular weight excluding hydrogens is 262 g/mol. The number of hydrogen-bond acceptors (Lipinski definition) is 2. The zero-order valence-corrected chi connectivity index (χ0v) is 11.4. The number of nitrogens with zero attached hydrogens (tertiary/aromatic N) is 1. The fourth-order valence-electron chi connectivity index (χ4n) is 3.17. The van der Waals surface area contributed by atoms with Crippen molar-refractivity contribution >= 4 is 23.8 Å². The highest BCUT2D eigenvalue weighted by Gasteiger charge is 2.34. The highest BCUT2D eigenvalue weighted by Crippen LogP contribution is 2.31. The van der Waals surface area contributed by atoms with Gasteiger partial charge in [0.1, 0.15) is 6.29 Å². The van der Waals surface area contributed by atoms with Crippen LogP contribution in [0.2, 0.25) is 5.02 Å². The van der Waals surface area contributed by atoms with Crippen LogP contribution in [0.1, 0.15) is 35.2 Å². The van der Waals surface area contributed by atoms with Gasteiger partial charge in [-0.05, 0) is 49.4 Å². The third-order valence-corrected chi connectivity index (χ3v) is 4.48. The number of piperidine rings is 1. The van der Waals surface area contributed by atoms with Gasteiger partial charge in [0.2, 0.25) is 0 Å². The summed E-state index contributed by atoms with van der Waals surface area (Å²) in [6.07, 6.45) is 4.66. The van der Waals surface area contributed by atoms with E-state index in [4.69, 9.17) is 11.6 Å². The normalized spacial score (nSPS) is 26.4. The summed E-state index contributed by atoms with van der Waals surface area (Å²) in [5, 5.41) is 0.678. The van der Waals surface area contributed by atoms with E-state index in [2.05, 4.69) is 0 Å². The minimum absolute atomic E-state index is 0.00551. The molecule has 2 heterocycles. The van der Waals surface area contributed by atoms with Gasteiger partial charge in [0.15, 0.2) is 0 Å². The predicted molar refractivity (Wildman–Crippen MR) is 73.4 cm³/mol. The quantitative estimate of drug-likeness (QED) is 0.740. The molecular formula is C15H16ClNO2. The Morgan fingerprint density at radius 3 is 2.89 bits per heavy atom. The van der Waals surface area contributed by atoms with E-state index in [9.17, 15) is 9.59 Å². The molecule has 1 aromatic carbocycles. The minimum Gasteiger partial charge on any atom is -0.335 e. The highest BCUT2D eigenvalue weighted by molar-refractivity contribution is 6.30. The average molecular weight is 278 g/mol. The van der Waals surface area contributed by atoms with Crippen LogP contribution < -0.4 is 0 Å². The Morgan fingerprint density at radius 2 is 2.11 bits per heavy atom. The monoisotopic (exact) mass is 277 g/mol. The van der Waals surface area contributed by atoms with Crippen molar-refractivity contribution in [3.05, 3.63) is 34.3 Å². The maximum Gasteiger partial charge on any atom is 0.254 e. The van der Waals surface area contributed by atoms with Gasteiger partial charge in [-0.3, -0.25) is 4.79 Å². The van der Waals surface area contributed by atoms with Gasteiger partial charge in [-0.25, -0.2) is 0 Å². The lowest BCUT2D eigenvalue weighted by molar-refractivity contribution is -0.112. The van der Waals surface area contributed by atoms with Crippen molar-refractivity contribution in [1.29, 1.82) is 0 Å². The Balaban J connectivity index is 1.95. The molecule has 2 aliphatic heterocycles. The van der Waals surface area contributed by atoms with Crippen molar-refractivity contribution in [2.24, 2.45) is 5.92 Å². The van der Waals surface area contributed by atoms with Crippen molar-refractivity contribution < 1.29 is 9.59 Å². The second-order valence-electron chi connectivity index (χ2n) is 5.42. The molecule has 0 bridgehead atoms. The zero-order valence-electron chi connectivity index (χ0n) is 10.6. The molecule has 1 aromatic rings. The maximum absolute atomic E-state index is 12.6. The molecule has 0 spiro atoms. The first-order chi connectivity index (χ1) is 9.19. The van der Waals surface area contributed by atoms with E-state index in [1.54, 1.807) is 6.07 Å². The van der Waals surface area contributed by atoms with E-state index in [-0.39, 0.29) is 17.9 Å². The second-order valence-corrected chi connectivity index (χ2v) is 5.86. The lowest BCUT2D eigenvalue weighted by Gasteiger charge is -2.37. The van der Waals surface area contributed by atoms with Crippen LogP contribution in [0.4, 0.5) is 0 Å². The van der Waals surface area contributed by atoms with E-state index >= 15 is 0 Å². The number of carbonyl (C=O) groups excluding carboxylic acids is 2. The second kappa shape index (κ2) is 4.97. The number of aryl methyl sites for hydroxylation is 1. The van der Waals surface area contributed by atoms with E-state index in [0.29, 0.717) is 11.6 Å². The summed E-state index contributed by atoms with van der Waals surface area (Å²) in [4.78, 5) is 25.5. The number of amides is 1. The molecule has 0 aliphatic carbocycles. The topological polar surface area (TPSA) is 37.4 Å². The predicted octanol–water partition coefficient (Wildman–Crippen LogP) is 2.71. The van der Waals surface area contributed by atoms with Crippen LogP contribution >= 0.6 is 11.6 Å². The highest BCUT2D eigenvalue weighted by atomic mass is 35.5. The van der Waals surface area contributed by atoms with Gasteiger partial charge in [-0.1, -0.05) is 11.6 Å². The molecule has 3 rings (SSSR count). The molecule has 19 heavy (non-hydrogen) atoms. The molecule has 0 N–H and O–H groups in total. The van der Waals surface area contributed by atoms with Crippen molar-refractivity contribution in [2.75, 3.05) is 6.54 Å². The van der Waals surface area contributed by atoms with Gasteiger partial charge < -0.3 is 9.69 Å². The lowest BCUT2D eigenvalue weighted by atomic mass is 9.92. The number of hydrogen-bond donors (Lipinski definition) is 0. The molecule has 4 heteroatoms. The van der Waals surface area contributed by atoms with Crippen LogP contribution in [0.3, 0.4) is 0 Å². The molecule has 0 unspecified atom stereocenters. The van der Waals surface area contributed by atoms with Crippen molar-refractivity contribution in [3.8, 4) is 0 Å². The minimum atomic E-state index is -0.00551. The molecule has 3 nitrogen and oxygen atoms in total. The summed E-state index contributed by atoms with van der Waals surface area (Å²) in [5.74, 6) is 0.0507. The molecule has 0 saturated carbocycles. The third-order valence-electron chi connectivity index (χ3n) is 4.24. The molecule has 1 fully saturated rings. The van der Waals surface area contributed by atoms with Crippen LogP contribution in [0.25, 0.3) is 0 Å². The summed E-state index contributed by atoms with van der Waals surface area (Å²) in [6, 6.07) is 5.74. The summed E-state index contributed by atoms with van der Waals surface area (Å²) >= 11 is 6.00. The zero-order chi connectivity index (χ0) is 13.4. The van der Waals surface area contributed by atoms with Gasteiger partial charge in [0.25, 0.3) is 5.91 Å². The van der Waals surface area contributed by atoms with Gasteiger partial charge in [0, 0.05) is 29.1 Å². The third kappa shape index (κ3) is 2.27. The fraction of sp³-hybridized carbons (Fsp3) is 0.467. The Bertz CT molecular complexity index is 529. The number of rotatable bonds is 1. The SMILES string of the molecule is O=C[C@H]1CC[C@H]2CCc3cc(Cl)ccc3C(=O)N2C1. The molecule has 2 atom stereocenters. The summed E-state index contributed by atoms with van der Waals surface area (Å²) in [5.41, 5.74) is 1.79. The van der Waals surface area contributed by atoms with Crippen molar-refractivity contribution in [3.63, 3.8) is 0 Å². The van der Waals surface area contributed by atoms with Crippen LogP contribution in [-0.4, -0.2) is 29.7 Å². The van der Waals surface area contributed by atoms with Gasteiger partial charge in [0.05, 0.1) is 0 Å². The molecule has 2 aliphatic rings. The van der Waals surface area contributed by atoms with Gasteiger partial charge in [-0.2, -0.15) is 0 Å². The standard InChI is InChI=1S/C15H16ClNO2/c16-12-3-6-14-11(7-12)2-5-13-4-1-10(9-18)8-17(13)15(14)19/h3,6-7,9-10,13H,1-2,4-5,8H2/t10-,13-/m0/s1. The Hall–Kier alpha value is -1.35. The van der Waals surface area contributed by atoms with Gasteiger partial charge >= 0.3 is 0 Å². The first kappa shape index (κ1) is 12.7. The smallest absolute Gasteiger partial charge is 0.254 e. The summed E-state index contributed by atoms with van der Waals surface area (Å²) < 4.78 is 0. The van der Waals surface area contributed by atoms with E-state index < -0.39 is 0 Å². The molecule has 1 saturated heterocycles. The first-order valence-electron chi connectivity index (χ1n) is 6.73. The van der Waals surface area contributed by atoms with Crippen molar-refractivity contribution in [2.45, 2.75) is 31.7 Å². The van der Waals surface area contributed by atoms with Crippen molar-refractivity contribution in [1.82, 2.24) is 4.90 Å². The Labute approximate surface area is 117 Å². The maximum atomic E-state index is 12.6. The fourth-order valence-corrected chi connectivity index (χ4v) is 3.36. The summed E-state index contributed by atoms with van der Waals surface area (Å²) in [6.45, 7) is 0.565. The molecule has 0 radical (unpaired) electrons. The largest absolute Gasteiger partial charge is 0.335 e. The first-order valence-corrected chi connectivity index (χ1v) is 7.11. The molecule has 1 amide bonds. The van der Waals surface area contributed by atoms with E-state index in [1.165, 1.54) is 0 Å². The van der Waals surface area contributed by atoms with E-state index in [1.807, 2.05) is 17.0 Å². The number of fused-ring (bicyclic) bond motifs is 2. The molecule has 0 aromatic heterocycles. The van der Waals surface area contributed by atoms with Crippen LogP contribution in [0.15, 0.2) is 18.2 Å². The number of halogens is 1. The Morgan fingerprint density at radius 1 is 1.26 bits per heavy atom. The average Bonchev–Trinajstić information content (AvgIpc) is 2.56. The van der Waals surface area contributed by atoms with Crippen LogP contribution in [0.5, 0.6) is 0 Å². The molecule has 100 valence electrons. The van der Waals surface area contributed by atoms with Gasteiger partial charge in [-0.15, -0.1) is 0 Å². The summed E-state index contributed by atoms with van der Waals surface area (Å²) in [7, 11) is 0. The lowest BCUT2D eigenvalue weighted by Crippen LogP contribution is -2.46. The number of benzene rings is 1. The number of aldehydes is 1. The van der Waals surface area contributed by atoms with Crippen LogP contribution in [-0.2, 0) is 11.2 Å².